The quantitative estimate of drug-likeness (QED) is 0.679. The molecule has 1 amide bonds. The molecule has 2 aromatic carbocycles. The van der Waals surface area contributed by atoms with E-state index < -0.39 is 6.10 Å². The van der Waals surface area contributed by atoms with Gasteiger partial charge in [-0.15, -0.1) is 0 Å². The van der Waals surface area contributed by atoms with Crippen LogP contribution < -0.4 is 4.74 Å². The second kappa shape index (κ2) is 10.3. The van der Waals surface area contributed by atoms with Crippen molar-refractivity contribution in [1.29, 1.82) is 0 Å². The predicted octanol–water partition coefficient (Wildman–Crippen LogP) is 3.90. The Balaban J connectivity index is 1.43. The summed E-state index contributed by atoms with van der Waals surface area (Å²) < 4.78 is 11.8. The van der Waals surface area contributed by atoms with Gasteiger partial charge in [-0.05, 0) is 41.5 Å². The first-order chi connectivity index (χ1) is 15.1. The van der Waals surface area contributed by atoms with E-state index in [-0.39, 0.29) is 5.91 Å². The molecule has 0 aliphatic carbocycles. The number of carbonyl (C=O) groups is 1. The van der Waals surface area contributed by atoms with Crippen LogP contribution in [0.3, 0.4) is 0 Å². The first-order valence-electron chi connectivity index (χ1n) is 11.5. The molecule has 0 spiro atoms. The van der Waals surface area contributed by atoms with Crippen LogP contribution in [0.1, 0.15) is 37.0 Å². The Bertz CT molecular complexity index is 868. The molecular weight excluding hydrogens is 388 g/mol. The number of morpholine rings is 1. The van der Waals surface area contributed by atoms with Crippen molar-refractivity contribution in [2.75, 3.05) is 32.8 Å². The van der Waals surface area contributed by atoms with E-state index in [0.29, 0.717) is 25.6 Å². The molecule has 0 bridgehead atoms. The van der Waals surface area contributed by atoms with Crippen LogP contribution in [0, 0.1) is 5.92 Å². The summed E-state index contributed by atoms with van der Waals surface area (Å²) in [5.74, 6) is 1.45. The van der Waals surface area contributed by atoms with E-state index in [1.807, 2.05) is 11.0 Å². The number of carbonyl (C=O) groups excluding carboxylic acids is 1. The van der Waals surface area contributed by atoms with Gasteiger partial charge in [0.15, 0.2) is 0 Å². The summed E-state index contributed by atoms with van der Waals surface area (Å²) in [5.41, 5.74) is 3.65. The summed E-state index contributed by atoms with van der Waals surface area (Å²) in [6, 6.07) is 16.8. The van der Waals surface area contributed by atoms with Gasteiger partial charge < -0.3 is 14.4 Å². The minimum atomic E-state index is -0.412. The number of fused-ring (bicyclic) bond motifs is 1. The normalized spacial score (nSPS) is 19.0. The van der Waals surface area contributed by atoms with E-state index >= 15 is 0 Å². The van der Waals surface area contributed by atoms with Crippen LogP contribution in [0.2, 0.25) is 0 Å². The third-order valence-corrected chi connectivity index (χ3v) is 5.93. The van der Waals surface area contributed by atoms with E-state index in [9.17, 15) is 4.79 Å². The molecule has 1 fully saturated rings. The lowest BCUT2D eigenvalue weighted by Gasteiger charge is -2.35. The summed E-state index contributed by atoms with van der Waals surface area (Å²) in [7, 11) is 0. The molecule has 0 saturated carbocycles. The Hall–Kier alpha value is -2.37. The zero-order chi connectivity index (χ0) is 21.6. The van der Waals surface area contributed by atoms with Gasteiger partial charge in [0.25, 0.3) is 5.91 Å². The van der Waals surface area contributed by atoms with Gasteiger partial charge in [-0.2, -0.15) is 0 Å². The lowest BCUT2D eigenvalue weighted by Crippen LogP contribution is -2.51. The number of rotatable bonds is 7. The Labute approximate surface area is 185 Å². The number of amides is 1. The average molecular weight is 423 g/mol. The molecule has 2 aromatic rings. The minimum Gasteiger partial charge on any atom is -0.493 e. The maximum absolute atomic E-state index is 13.5. The van der Waals surface area contributed by atoms with E-state index in [4.69, 9.17) is 9.47 Å². The molecule has 0 radical (unpaired) electrons. The predicted molar refractivity (Wildman–Crippen MR) is 122 cm³/mol. The number of benzene rings is 2. The van der Waals surface area contributed by atoms with Crippen molar-refractivity contribution in [1.82, 2.24) is 9.80 Å². The molecular formula is C26H34N2O3. The monoisotopic (exact) mass is 422 g/mol. The fourth-order valence-corrected chi connectivity index (χ4v) is 4.42. The highest BCUT2D eigenvalue weighted by Gasteiger charge is 2.31. The zero-order valence-electron chi connectivity index (χ0n) is 18.8. The number of ether oxygens (including phenoxy) is 2. The van der Waals surface area contributed by atoms with Crippen LogP contribution in [0.4, 0.5) is 0 Å². The number of nitrogens with zero attached hydrogens (tertiary/aromatic N) is 2. The fraction of sp³-hybridized carbons (Fsp3) is 0.500. The molecule has 1 atom stereocenters. The topological polar surface area (TPSA) is 42.0 Å². The molecule has 5 heteroatoms. The third-order valence-electron chi connectivity index (χ3n) is 5.93. The Kier molecular flexibility index (Phi) is 7.25. The van der Waals surface area contributed by atoms with Crippen LogP contribution in [-0.2, 0) is 29.0 Å². The van der Waals surface area contributed by atoms with Gasteiger partial charge in [0, 0.05) is 32.7 Å². The Morgan fingerprint density at radius 1 is 1.13 bits per heavy atom. The summed E-state index contributed by atoms with van der Waals surface area (Å²) in [6.07, 6.45) is 1.73. The smallest absolute Gasteiger partial charge is 0.253 e. The maximum Gasteiger partial charge on any atom is 0.253 e. The molecule has 31 heavy (non-hydrogen) atoms. The van der Waals surface area contributed by atoms with Gasteiger partial charge in [-0.3, -0.25) is 9.69 Å². The highest BCUT2D eigenvalue weighted by molar-refractivity contribution is 5.81. The van der Waals surface area contributed by atoms with Crippen molar-refractivity contribution < 1.29 is 14.3 Å². The van der Waals surface area contributed by atoms with Crippen LogP contribution in [-0.4, -0.2) is 54.7 Å². The Morgan fingerprint density at radius 3 is 2.77 bits per heavy atom. The van der Waals surface area contributed by atoms with E-state index in [1.165, 1.54) is 11.1 Å². The van der Waals surface area contributed by atoms with E-state index in [2.05, 4.69) is 61.2 Å². The zero-order valence-corrected chi connectivity index (χ0v) is 18.8. The molecule has 2 aliphatic rings. The molecule has 166 valence electrons. The van der Waals surface area contributed by atoms with Gasteiger partial charge in [-0.1, -0.05) is 56.3 Å². The molecule has 2 heterocycles. The van der Waals surface area contributed by atoms with Gasteiger partial charge in [0.05, 0.1) is 13.2 Å². The summed E-state index contributed by atoms with van der Waals surface area (Å²) in [4.78, 5) is 17.8. The fourth-order valence-electron chi connectivity index (χ4n) is 4.42. The van der Waals surface area contributed by atoms with Gasteiger partial charge in [0.2, 0.25) is 0 Å². The van der Waals surface area contributed by atoms with Crippen molar-refractivity contribution in [3.63, 3.8) is 0 Å². The van der Waals surface area contributed by atoms with Crippen molar-refractivity contribution in [2.45, 2.75) is 45.9 Å². The Morgan fingerprint density at radius 2 is 1.97 bits per heavy atom. The molecule has 1 saturated heterocycles. The largest absolute Gasteiger partial charge is 0.493 e. The lowest BCUT2D eigenvalue weighted by atomic mass is 10.0. The van der Waals surface area contributed by atoms with Crippen molar-refractivity contribution >= 4 is 5.91 Å². The van der Waals surface area contributed by atoms with E-state index in [0.717, 1.165) is 50.4 Å². The van der Waals surface area contributed by atoms with Crippen molar-refractivity contribution in [2.24, 2.45) is 5.92 Å². The second-order valence-corrected chi connectivity index (χ2v) is 9.09. The van der Waals surface area contributed by atoms with Gasteiger partial charge >= 0.3 is 0 Å². The van der Waals surface area contributed by atoms with E-state index in [1.54, 1.807) is 0 Å². The summed E-state index contributed by atoms with van der Waals surface area (Å²) in [5, 5.41) is 0. The van der Waals surface area contributed by atoms with Crippen molar-refractivity contribution in [3.05, 3.63) is 65.2 Å². The van der Waals surface area contributed by atoms with Crippen molar-refractivity contribution in [3.8, 4) is 5.75 Å². The van der Waals surface area contributed by atoms with Gasteiger partial charge in [0.1, 0.15) is 11.9 Å². The highest BCUT2D eigenvalue weighted by Crippen LogP contribution is 2.27. The van der Waals surface area contributed by atoms with Gasteiger partial charge in [-0.25, -0.2) is 0 Å². The SMILES string of the molecule is CC(C)CN(Cc1ccc2c(c1)OCCC2)C(=O)C1CN(Cc2ccccc2)CCO1. The maximum atomic E-state index is 13.5. The van der Waals surface area contributed by atoms with Crippen LogP contribution in [0.5, 0.6) is 5.75 Å². The standard InChI is InChI=1S/C26H34N2O3/c1-20(2)16-28(18-22-10-11-23-9-6-13-30-24(23)15-22)26(29)25-19-27(12-14-31-25)17-21-7-4-3-5-8-21/h3-5,7-8,10-11,15,20,25H,6,9,12-14,16-19H2,1-2H3. The molecule has 0 N–H and O–H groups in total. The summed E-state index contributed by atoms with van der Waals surface area (Å²) >= 11 is 0. The van der Waals surface area contributed by atoms with Crippen LogP contribution in [0.25, 0.3) is 0 Å². The molecule has 4 rings (SSSR count). The average Bonchev–Trinajstić information content (AvgIpc) is 2.79. The molecule has 0 aromatic heterocycles. The first kappa shape index (κ1) is 21.8. The molecule has 2 aliphatic heterocycles. The van der Waals surface area contributed by atoms with Crippen LogP contribution in [0.15, 0.2) is 48.5 Å². The number of hydrogen-bond acceptors (Lipinski definition) is 4. The second-order valence-electron chi connectivity index (χ2n) is 9.09. The first-order valence-corrected chi connectivity index (χ1v) is 11.5. The highest BCUT2D eigenvalue weighted by atomic mass is 16.5. The van der Waals surface area contributed by atoms with Crippen LogP contribution >= 0.6 is 0 Å². The lowest BCUT2D eigenvalue weighted by molar-refractivity contribution is -0.151. The minimum absolute atomic E-state index is 0.0881. The number of hydrogen-bond donors (Lipinski definition) is 0. The number of aryl methyl sites for hydroxylation is 1. The summed E-state index contributed by atoms with van der Waals surface area (Å²) in [6.45, 7) is 9.31. The molecule has 1 unspecified atom stereocenters. The molecule has 5 nitrogen and oxygen atoms in total. The third kappa shape index (κ3) is 5.86.